The summed E-state index contributed by atoms with van der Waals surface area (Å²) < 4.78 is 4.94. The Morgan fingerprint density at radius 1 is 0.950 bits per heavy atom. The summed E-state index contributed by atoms with van der Waals surface area (Å²) in [5.41, 5.74) is 0. The van der Waals surface area contributed by atoms with Crippen LogP contribution >= 0.6 is 6.49 Å². The normalized spacial score (nSPS) is 15.2. The zero-order chi connectivity index (χ0) is 14.9. The van der Waals surface area contributed by atoms with E-state index in [4.69, 9.17) is 16.5 Å². The van der Waals surface area contributed by atoms with Gasteiger partial charge in [-0.15, -0.1) is 6.04 Å². The van der Waals surface area contributed by atoms with Gasteiger partial charge in [-0.05, 0) is 47.0 Å². The van der Waals surface area contributed by atoms with Crippen molar-refractivity contribution in [1.82, 2.24) is 10.2 Å². The third-order valence-corrected chi connectivity index (χ3v) is 5.52. The zero-order valence-corrected chi connectivity index (χ0v) is 16.0. The smallest absolute Gasteiger partial charge is 0.600 e. The van der Waals surface area contributed by atoms with Crippen LogP contribution in [-0.2, 0) is 16.5 Å². The van der Waals surface area contributed by atoms with Crippen LogP contribution in [0, 0.1) is 0 Å². The van der Waals surface area contributed by atoms with Crippen LogP contribution in [0.5, 0.6) is 0 Å². The van der Waals surface area contributed by atoms with Gasteiger partial charge in [0.1, 0.15) is 0 Å². The Bertz CT molecular complexity index is 233. The van der Waals surface area contributed by atoms with E-state index < -0.39 is 6.49 Å². The van der Waals surface area contributed by atoms with Gasteiger partial charge in [0.05, 0.1) is 0 Å². The molecule has 7 heteroatoms. The molecule has 0 bridgehead atoms. The molecule has 4 nitrogen and oxygen atoms in total. The van der Waals surface area contributed by atoms with E-state index >= 15 is 0 Å². The number of nitrogens with one attached hydrogen (secondary N) is 2. The van der Waals surface area contributed by atoms with E-state index in [-0.39, 0.29) is 24.9 Å². The van der Waals surface area contributed by atoms with E-state index in [1.54, 1.807) is 0 Å². The van der Waals surface area contributed by atoms with Crippen molar-refractivity contribution >= 4 is 18.3 Å². The minimum absolute atomic E-state index is 0. The summed E-state index contributed by atoms with van der Waals surface area (Å²) in [5.74, 6) is 0. The Morgan fingerprint density at radius 3 is 1.55 bits per heavy atom. The molecule has 0 atom stereocenters. The molecule has 0 saturated carbocycles. The topological polar surface area (TPSA) is 47.4 Å². The predicted molar refractivity (Wildman–Crippen MR) is 89.4 cm³/mol. The molecule has 0 aromatic carbocycles. The average Bonchev–Trinajstić information content (AvgIpc) is 2.68. The number of hydrogen-bond acceptors (Lipinski definition) is 2. The monoisotopic (exact) mass is 315 g/mol. The molecule has 0 radical (unpaired) electrons. The fourth-order valence-corrected chi connectivity index (χ4v) is 5.73. The largest absolute Gasteiger partial charge is 1.00 e. The number of ether oxygens (including phenoxy) is 1. The molecule has 0 spiro atoms. The maximum Gasteiger partial charge on any atom is 1.00 e. The summed E-state index contributed by atoms with van der Waals surface area (Å²) in [6.45, 7) is 12.6. The molecule has 0 aromatic heterocycles. The van der Waals surface area contributed by atoms with Gasteiger partial charge in [0.15, 0.2) is 0 Å². The van der Waals surface area contributed by atoms with Crippen LogP contribution in [-0.4, -0.2) is 31.3 Å². The molecule has 116 valence electrons. The van der Waals surface area contributed by atoms with Crippen molar-refractivity contribution in [3.63, 3.8) is 0 Å². The van der Waals surface area contributed by atoms with Gasteiger partial charge in [0.2, 0.25) is 0 Å². The maximum absolute atomic E-state index is 5.55. The molecule has 1 rings (SSSR count). The van der Waals surface area contributed by atoms with Gasteiger partial charge in [-0.2, -0.15) is 0 Å². The summed E-state index contributed by atoms with van der Waals surface area (Å²) in [7, 11) is 0. The van der Waals surface area contributed by atoms with Crippen LogP contribution in [0.1, 0.15) is 54.4 Å². The molecular weight excluding hydrogens is 284 g/mol. The third-order valence-electron chi connectivity index (χ3n) is 2.09. The Labute approximate surface area is 142 Å². The molecule has 1 heterocycles. The van der Waals surface area contributed by atoms with Crippen LogP contribution in [0.4, 0.5) is 0 Å². The Balaban J connectivity index is 0. The molecular formula is C13H31LiN3OPS. The second-order valence-corrected chi connectivity index (χ2v) is 9.16. The van der Waals surface area contributed by atoms with E-state index in [9.17, 15) is 0 Å². The van der Waals surface area contributed by atoms with Crippen LogP contribution in [0.3, 0.4) is 0 Å². The van der Waals surface area contributed by atoms with Crippen LogP contribution in [0.25, 0.3) is 5.09 Å². The fourth-order valence-electron chi connectivity index (χ4n) is 1.64. The molecule has 0 amide bonds. The molecule has 2 N–H and O–H groups in total. The second kappa shape index (κ2) is 12.6. The minimum Gasteiger partial charge on any atom is -0.600 e. The van der Waals surface area contributed by atoms with Gasteiger partial charge in [-0.1, -0.05) is 25.7 Å². The molecule has 1 aliphatic rings. The summed E-state index contributed by atoms with van der Waals surface area (Å²) in [5, 5.41) is 11.3. The van der Waals surface area contributed by atoms with Crippen molar-refractivity contribution in [1.29, 1.82) is 0 Å². The van der Waals surface area contributed by atoms with Crippen molar-refractivity contribution in [2.24, 2.45) is 0 Å². The summed E-state index contributed by atoms with van der Waals surface area (Å²) in [4.78, 5) is 0. The number of rotatable bonds is 6. The third kappa shape index (κ3) is 14.0. The molecule has 0 aliphatic carbocycles. The fraction of sp³-hybridized carbons (Fsp3) is 1.00. The van der Waals surface area contributed by atoms with Crippen LogP contribution in [0.15, 0.2) is 0 Å². The van der Waals surface area contributed by atoms with Crippen LogP contribution < -0.4 is 29.0 Å². The first-order valence-electron chi connectivity index (χ1n) is 7.21. The van der Waals surface area contributed by atoms with Gasteiger partial charge < -0.3 is 9.82 Å². The van der Waals surface area contributed by atoms with Crippen molar-refractivity contribution in [3.05, 3.63) is 5.09 Å². The first-order chi connectivity index (χ1) is 8.75. The molecule has 20 heavy (non-hydrogen) atoms. The SMILES string of the molecule is C1CCOC1.CC(C)[N-]P(=S)(NC(C)C)NC(C)C.[Li+]. The number of hydrogen-bond donors (Lipinski definition) is 2. The van der Waals surface area contributed by atoms with Crippen molar-refractivity contribution in [3.8, 4) is 0 Å². The van der Waals surface area contributed by atoms with Gasteiger partial charge >= 0.3 is 18.9 Å². The maximum atomic E-state index is 5.55. The zero-order valence-electron chi connectivity index (χ0n) is 14.3. The molecule has 1 aliphatic heterocycles. The van der Waals surface area contributed by atoms with Gasteiger partial charge in [0.25, 0.3) is 0 Å². The Morgan fingerprint density at radius 2 is 1.35 bits per heavy atom. The van der Waals surface area contributed by atoms with Gasteiger partial charge in [-0.3, -0.25) is 10.2 Å². The first kappa shape index (κ1) is 23.4. The molecule has 1 fully saturated rings. The minimum atomic E-state index is -1.93. The van der Waals surface area contributed by atoms with Crippen molar-refractivity contribution < 1.29 is 23.6 Å². The standard InChI is InChI=1S/C9H23N3PS.C4H8O.Li/c1-7(2)10-13(14,11-8(3)4)12-9(5)6;1-2-4-5-3-1;/h7-9H,1-6H3,(H2-,10,11,12,14);1-4H2;/q-1;;+1. The van der Waals surface area contributed by atoms with E-state index in [1.807, 2.05) is 0 Å². The predicted octanol–water partition coefficient (Wildman–Crippen LogP) is 0.790. The van der Waals surface area contributed by atoms with Crippen LogP contribution in [0.2, 0.25) is 0 Å². The summed E-state index contributed by atoms with van der Waals surface area (Å²) in [6.07, 6.45) is 2.56. The molecule has 0 aromatic rings. The van der Waals surface area contributed by atoms with E-state index in [0.717, 1.165) is 13.2 Å². The number of nitrogens with zero attached hydrogens (tertiary/aromatic N) is 1. The molecule has 0 unspecified atom stereocenters. The van der Waals surface area contributed by atoms with Crippen molar-refractivity contribution in [2.45, 2.75) is 72.5 Å². The summed E-state index contributed by atoms with van der Waals surface area (Å²) >= 11 is 5.55. The van der Waals surface area contributed by atoms with E-state index in [2.05, 4.69) is 56.8 Å². The average molecular weight is 315 g/mol. The van der Waals surface area contributed by atoms with E-state index in [1.165, 1.54) is 12.8 Å². The van der Waals surface area contributed by atoms with Gasteiger partial charge in [0, 0.05) is 25.3 Å². The summed E-state index contributed by atoms with van der Waals surface area (Å²) in [6, 6.07) is 1.02. The molecule has 1 saturated heterocycles. The van der Waals surface area contributed by atoms with Gasteiger partial charge in [-0.25, -0.2) is 0 Å². The Hall–Kier alpha value is 1.09. The Kier molecular flexibility index (Phi) is 14.7. The quantitative estimate of drug-likeness (QED) is 0.562. The van der Waals surface area contributed by atoms with Crippen molar-refractivity contribution in [2.75, 3.05) is 13.2 Å². The first-order valence-corrected chi connectivity index (χ1v) is 9.96. The van der Waals surface area contributed by atoms with E-state index in [0.29, 0.717) is 12.1 Å². The second-order valence-electron chi connectivity index (χ2n) is 5.67.